The first-order valence-electron chi connectivity index (χ1n) is 5.71. The molecular weight excluding hydrogens is 276 g/mol. The van der Waals surface area contributed by atoms with Gasteiger partial charge in [0.15, 0.2) is 5.11 Å². The number of rotatable bonds is 2. The molecule has 94 valence electrons. The first kappa shape index (κ1) is 12.1. The van der Waals surface area contributed by atoms with Gasteiger partial charge in [-0.15, -0.1) is 11.3 Å². The van der Waals surface area contributed by atoms with Gasteiger partial charge in [-0.3, -0.25) is 9.69 Å². The highest BCUT2D eigenvalue weighted by Gasteiger charge is 2.31. The molecule has 1 saturated heterocycles. The average Bonchev–Trinajstić information content (AvgIpc) is 3.01. The van der Waals surface area contributed by atoms with E-state index in [1.807, 2.05) is 53.9 Å². The van der Waals surface area contributed by atoms with Gasteiger partial charge in [0.05, 0.1) is 5.69 Å². The van der Waals surface area contributed by atoms with Gasteiger partial charge in [0.1, 0.15) is 5.70 Å². The lowest BCUT2D eigenvalue weighted by molar-refractivity contribution is -0.113. The quantitative estimate of drug-likeness (QED) is 0.680. The molecule has 1 N–H and O–H groups in total. The number of carbonyl (C=O) groups excluding carboxylic acids is 1. The molecule has 1 aromatic carbocycles. The largest absolute Gasteiger partial charge is 0.327 e. The summed E-state index contributed by atoms with van der Waals surface area (Å²) in [6.45, 7) is 0. The van der Waals surface area contributed by atoms with Gasteiger partial charge in [-0.25, -0.2) is 0 Å². The highest BCUT2D eigenvalue weighted by atomic mass is 32.1. The summed E-state index contributed by atoms with van der Waals surface area (Å²) in [5.41, 5.74) is 1.29. The van der Waals surface area contributed by atoms with Crippen LogP contribution in [-0.4, -0.2) is 11.0 Å². The maximum Gasteiger partial charge on any atom is 0.281 e. The van der Waals surface area contributed by atoms with Gasteiger partial charge in [0.25, 0.3) is 5.91 Å². The molecule has 1 fully saturated rings. The van der Waals surface area contributed by atoms with E-state index in [0.717, 1.165) is 10.6 Å². The molecular formula is C14H10N2OS2. The van der Waals surface area contributed by atoms with Crippen molar-refractivity contribution in [2.45, 2.75) is 0 Å². The minimum absolute atomic E-state index is 0.121. The number of carbonyl (C=O) groups is 1. The highest BCUT2D eigenvalue weighted by molar-refractivity contribution is 7.80. The molecule has 19 heavy (non-hydrogen) atoms. The fourth-order valence-electron chi connectivity index (χ4n) is 1.86. The third-order valence-electron chi connectivity index (χ3n) is 2.72. The molecule has 3 rings (SSSR count). The van der Waals surface area contributed by atoms with Crippen LogP contribution in [0.15, 0.2) is 53.5 Å². The van der Waals surface area contributed by atoms with Gasteiger partial charge in [0.2, 0.25) is 0 Å². The number of hydrogen-bond acceptors (Lipinski definition) is 3. The Balaban J connectivity index is 1.94. The molecule has 1 aliphatic heterocycles. The van der Waals surface area contributed by atoms with Crippen LogP contribution in [0.2, 0.25) is 0 Å². The Morgan fingerprint density at radius 3 is 2.63 bits per heavy atom. The van der Waals surface area contributed by atoms with Crippen molar-refractivity contribution in [3.63, 3.8) is 0 Å². The number of nitrogens with one attached hydrogen (secondary N) is 1. The van der Waals surface area contributed by atoms with Crippen LogP contribution in [0, 0.1) is 0 Å². The average molecular weight is 286 g/mol. The van der Waals surface area contributed by atoms with Crippen molar-refractivity contribution in [2.24, 2.45) is 0 Å². The van der Waals surface area contributed by atoms with E-state index >= 15 is 0 Å². The Bertz CT molecular complexity index is 647. The Hall–Kier alpha value is -1.98. The van der Waals surface area contributed by atoms with E-state index in [0.29, 0.717) is 10.8 Å². The molecule has 3 nitrogen and oxygen atoms in total. The fraction of sp³-hybridized carbons (Fsp3) is 0. The number of anilines is 1. The van der Waals surface area contributed by atoms with Crippen molar-refractivity contribution in [3.8, 4) is 0 Å². The van der Waals surface area contributed by atoms with Crippen LogP contribution >= 0.6 is 23.6 Å². The van der Waals surface area contributed by atoms with Crippen molar-refractivity contribution in [1.82, 2.24) is 5.32 Å². The maximum atomic E-state index is 12.4. The summed E-state index contributed by atoms with van der Waals surface area (Å²) in [4.78, 5) is 14.9. The number of benzene rings is 1. The van der Waals surface area contributed by atoms with Gasteiger partial charge in [-0.1, -0.05) is 24.3 Å². The van der Waals surface area contributed by atoms with E-state index in [9.17, 15) is 4.79 Å². The number of hydrogen-bond donors (Lipinski definition) is 1. The SMILES string of the molecule is O=C1/C(=C\c2cccs2)NC(=S)N1c1ccccc1. The number of thiophene rings is 1. The molecule has 0 unspecified atom stereocenters. The molecule has 0 bridgehead atoms. The molecule has 0 atom stereocenters. The monoisotopic (exact) mass is 286 g/mol. The van der Waals surface area contributed by atoms with Crippen LogP contribution in [0.3, 0.4) is 0 Å². The lowest BCUT2D eigenvalue weighted by Gasteiger charge is -2.13. The predicted molar refractivity (Wildman–Crippen MR) is 82.0 cm³/mol. The molecule has 0 radical (unpaired) electrons. The molecule has 2 aromatic rings. The summed E-state index contributed by atoms with van der Waals surface area (Å²) < 4.78 is 0. The van der Waals surface area contributed by atoms with Crippen LogP contribution in [0.5, 0.6) is 0 Å². The third-order valence-corrected chi connectivity index (χ3v) is 3.83. The molecule has 2 heterocycles. The Labute approximate surface area is 120 Å². The molecule has 0 spiro atoms. The number of nitrogens with zero attached hydrogens (tertiary/aromatic N) is 1. The second kappa shape index (κ2) is 4.95. The van der Waals surface area contributed by atoms with E-state index in [4.69, 9.17) is 12.2 Å². The van der Waals surface area contributed by atoms with Crippen LogP contribution in [-0.2, 0) is 4.79 Å². The van der Waals surface area contributed by atoms with Crippen LogP contribution in [0.4, 0.5) is 5.69 Å². The summed E-state index contributed by atoms with van der Waals surface area (Å²) in [5, 5.41) is 5.35. The van der Waals surface area contributed by atoms with Crippen molar-refractivity contribution in [2.75, 3.05) is 4.90 Å². The zero-order chi connectivity index (χ0) is 13.2. The summed E-state index contributed by atoms with van der Waals surface area (Å²) in [6.07, 6.45) is 1.82. The molecule has 1 amide bonds. The third kappa shape index (κ3) is 2.30. The second-order valence-electron chi connectivity index (χ2n) is 3.98. The summed E-state index contributed by atoms with van der Waals surface area (Å²) in [7, 11) is 0. The lowest BCUT2D eigenvalue weighted by Crippen LogP contribution is -2.30. The van der Waals surface area contributed by atoms with Crippen LogP contribution in [0.1, 0.15) is 4.88 Å². The standard InChI is InChI=1S/C14H10N2OS2/c17-13-12(9-11-7-4-8-19-11)15-14(18)16(13)10-5-2-1-3-6-10/h1-9H,(H,15,18)/b12-9+. The van der Waals surface area contributed by atoms with Gasteiger partial charge < -0.3 is 5.32 Å². The van der Waals surface area contributed by atoms with Crippen molar-refractivity contribution in [1.29, 1.82) is 0 Å². The summed E-state index contributed by atoms with van der Waals surface area (Å²) in [6, 6.07) is 13.3. The summed E-state index contributed by atoms with van der Waals surface area (Å²) in [5.74, 6) is -0.121. The smallest absolute Gasteiger partial charge is 0.281 e. The molecule has 5 heteroatoms. The minimum Gasteiger partial charge on any atom is -0.327 e. The van der Waals surface area contributed by atoms with Gasteiger partial charge in [0, 0.05) is 4.88 Å². The Morgan fingerprint density at radius 1 is 1.16 bits per heavy atom. The van der Waals surface area contributed by atoms with Crippen molar-refractivity contribution < 1.29 is 4.79 Å². The van der Waals surface area contributed by atoms with Crippen LogP contribution in [0.25, 0.3) is 6.08 Å². The number of thiocarbonyl (C=S) groups is 1. The normalized spacial score (nSPS) is 17.1. The Morgan fingerprint density at radius 2 is 1.95 bits per heavy atom. The highest BCUT2D eigenvalue weighted by Crippen LogP contribution is 2.22. The Kier molecular flexibility index (Phi) is 3.15. The van der Waals surface area contributed by atoms with Crippen molar-refractivity contribution >= 4 is 46.3 Å². The topological polar surface area (TPSA) is 32.3 Å². The van der Waals surface area contributed by atoms with E-state index in [1.54, 1.807) is 11.3 Å². The van der Waals surface area contributed by atoms with E-state index < -0.39 is 0 Å². The van der Waals surface area contributed by atoms with Crippen molar-refractivity contribution in [3.05, 3.63) is 58.4 Å². The fourth-order valence-corrected chi connectivity index (χ4v) is 2.82. The second-order valence-corrected chi connectivity index (χ2v) is 5.35. The minimum atomic E-state index is -0.121. The first-order chi connectivity index (χ1) is 9.25. The van der Waals surface area contributed by atoms with Crippen LogP contribution < -0.4 is 10.2 Å². The maximum absolute atomic E-state index is 12.4. The van der Waals surface area contributed by atoms with E-state index in [1.165, 1.54) is 4.90 Å². The first-order valence-corrected chi connectivity index (χ1v) is 7.00. The zero-order valence-electron chi connectivity index (χ0n) is 9.87. The molecule has 1 aliphatic rings. The predicted octanol–water partition coefficient (Wildman–Crippen LogP) is 3.01. The number of para-hydroxylation sites is 1. The summed E-state index contributed by atoms with van der Waals surface area (Å²) >= 11 is 6.81. The van der Waals surface area contributed by atoms with E-state index in [-0.39, 0.29) is 5.91 Å². The molecule has 0 saturated carbocycles. The van der Waals surface area contributed by atoms with Gasteiger partial charge >= 0.3 is 0 Å². The van der Waals surface area contributed by atoms with Gasteiger partial charge in [-0.2, -0.15) is 0 Å². The van der Waals surface area contributed by atoms with E-state index in [2.05, 4.69) is 5.32 Å². The lowest BCUT2D eigenvalue weighted by atomic mass is 10.3. The molecule has 1 aromatic heterocycles. The van der Waals surface area contributed by atoms with Gasteiger partial charge in [-0.05, 0) is 41.9 Å². The number of amides is 1. The zero-order valence-corrected chi connectivity index (χ0v) is 11.5. The molecule has 0 aliphatic carbocycles.